The summed E-state index contributed by atoms with van der Waals surface area (Å²) in [4.78, 5) is 7.36. The van der Waals surface area contributed by atoms with Gasteiger partial charge < -0.3 is 20.1 Å². The average Bonchev–Trinajstić information content (AvgIpc) is 2.78. The molecule has 0 radical (unpaired) electrons. The number of ether oxygens (including phenoxy) is 2. The molecule has 0 spiro atoms. The Morgan fingerprint density at radius 1 is 1.07 bits per heavy atom. The van der Waals surface area contributed by atoms with E-state index in [1.807, 2.05) is 11.8 Å². The summed E-state index contributed by atoms with van der Waals surface area (Å²) in [6.45, 7) is 10.9. The first kappa shape index (κ1) is 22.4. The van der Waals surface area contributed by atoms with Gasteiger partial charge >= 0.3 is 0 Å². The Morgan fingerprint density at radius 2 is 1.76 bits per heavy atom. The van der Waals surface area contributed by atoms with Gasteiger partial charge in [0.05, 0.1) is 19.8 Å². The van der Waals surface area contributed by atoms with Gasteiger partial charge in [0.25, 0.3) is 0 Å². The summed E-state index contributed by atoms with van der Waals surface area (Å²) in [5, 5.41) is 6.99. The Labute approximate surface area is 179 Å². The summed E-state index contributed by atoms with van der Waals surface area (Å²) in [7, 11) is 0. The molecular formula is C22H36N4O2S. The number of benzene rings is 1. The predicted octanol–water partition coefficient (Wildman–Crippen LogP) is 2.49. The van der Waals surface area contributed by atoms with Crippen LogP contribution in [0.5, 0.6) is 0 Å². The zero-order chi connectivity index (χ0) is 20.4. The van der Waals surface area contributed by atoms with Gasteiger partial charge in [-0.25, -0.2) is 4.99 Å². The summed E-state index contributed by atoms with van der Waals surface area (Å²) in [6.07, 6.45) is 4.38. The highest BCUT2D eigenvalue weighted by molar-refractivity contribution is 8.00. The summed E-state index contributed by atoms with van der Waals surface area (Å²) in [5.74, 6) is 0.897. The van der Waals surface area contributed by atoms with Crippen LogP contribution in [0.2, 0.25) is 0 Å². The molecule has 162 valence electrons. The lowest BCUT2D eigenvalue weighted by atomic mass is 9.99. The Kier molecular flexibility index (Phi) is 9.11. The van der Waals surface area contributed by atoms with Crippen molar-refractivity contribution >= 4 is 17.7 Å². The molecule has 2 fully saturated rings. The first-order valence-corrected chi connectivity index (χ1v) is 12.0. The van der Waals surface area contributed by atoms with Crippen molar-refractivity contribution in [1.29, 1.82) is 0 Å². The van der Waals surface area contributed by atoms with Crippen LogP contribution in [0.25, 0.3) is 0 Å². The van der Waals surface area contributed by atoms with Crippen LogP contribution in [-0.2, 0) is 22.6 Å². The van der Waals surface area contributed by atoms with Crippen molar-refractivity contribution in [3.8, 4) is 0 Å². The second-order valence-corrected chi connectivity index (χ2v) is 8.98. The first-order chi connectivity index (χ1) is 14.2. The Bertz CT molecular complexity index is 643. The van der Waals surface area contributed by atoms with Crippen LogP contribution in [0.4, 0.5) is 0 Å². The molecular weight excluding hydrogens is 384 g/mol. The standard InChI is InChI=1S/C22H36N4O2S/c1-3-23-21(25-18-22(29-2)8-12-27-13-9-22)24-16-19-6-4-5-7-20(19)17-26-10-14-28-15-11-26/h4-7H,3,8-18H2,1-2H3,(H2,23,24,25). The Hall–Kier alpha value is -1.28. The minimum atomic E-state index is 0.239. The molecule has 0 aromatic heterocycles. The van der Waals surface area contributed by atoms with Gasteiger partial charge in [-0.05, 0) is 37.1 Å². The van der Waals surface area contributed by atoms with Gasteiger partial charge in [0.1, 0.15) is 0 Å². The molecule has 0 bridgehead atoms. The van der Waals surface area contributed by atoms with Crippen LogP contribution in [-0.4, -0.2) is 74.5 Å². The molecule has 0 unspecified atom stereocenters. The van der Waals surface area contributed by atoms with Crippen LogP contribution < -0.4 is 10.6 Å². The van der Waals surface area contributed by atoms with Crippen LogP contribution >= 0.6 is 11.8 Å². The molecule has 6 nitrogen and oxygen atoms in total. The number of rotatable bonds is 8. The molecule has 2 aliphatic rings. The maximum absolute atomic E-state index is 5.56. The fourth-order valence-corrected chi connectivity index (χ4v) is 4.60. The topological polar surface area (TPSA) is 58.1 Å². The van der Waals surface area contributed by atoms with Gasteiger partial charge in [0.15, 0.2) is 5.96 Å². The number of aliphatic imine (C=N–C) groups is 1. The first-order valence-electron chi connectivity index (χ1n) is 10.8. The molecule has 0 aliphatic carbocycles. The Balaban J connectivity index is 1.62. The van der Waals surface area contributed by atoms with Gasteiger partial charge in [-0.3, -0.25) is 4.90 Å². The molecule has 0 saturated carbocycles. The van der Waals surface area contributed by atoms with E-state index in [0.717, 1.165) is 78.0 Å². The molecule has 2 saturated heterocycles. The second-order valence-electron chi connectivity index (χ2n) is 7.71. The van der Waals surface area contributed by atoms with Crippen LogP contribution in [0.3, 0.4) is 0 Å². The fraction of sp³-hybridized carbons (Fsp3) is 0.682. The third kappa shape index (κ3) is 6.88. The molecule has 2 N–H and O–H groups in total. The number of thioether (sulfide) groups is 1. The predicted molar refractivity (Wildman–Crippen MR) is 122 cm³/mol. The van der Waals surface area contributed by atoms with E-state index < -0.39 is 0 Å². The van der Waals surface area contributed by atoms with E-state index in [2.05, 4.69) is 53.0 Å². The van der Waals surface area contributed by atoms with E-state index >= 15 is 0 Å². The van der Waals surface area contributed by atoms with Crippen LogP contribution in [0.1, 0.15) is 30.9 Å². The highest BCUT2D eigenvalue weighted by atomic mass is 32.2. The van der Waals surface area contributed by atoms with E-state index in [4.69, 9.17) is 14.5 Å². The molecule has 0 amide bonds. The number of nitrogens with one attached hydrogen (secondary N) is 2. The summed E-state index contributed by atoms with van der Waals surface area (Å²) in [5.41, 5.74) is 2.65. The fourth-order valence-electron chi connectivity index (χ4n) is 3.81. The van der Waals surface area contributed by atoms with Crippen molar-refractivity contribution in [2.24, 2.45) is 4.99 Å². The smallest absolute Gasteiger partial charge is 0.191 e. The molecule has 1 aromatic carbocycles. The number of hydrogen-bond donors (Lipinski definition) is 2. The van der Waals surface area contributed by atoms with Crippen LogP contribution in [0, 0.1) is 0 Å². The summed E-state index contributed by atoms with van der Waals surface area (Å²) in [6, 6.07) is 8.66. The van der Waals surface area contributed by atoms with Crippen molar-refractivity contribution in [1.82, 2.24) is 15.5 Å². The monoisotopic (exact) mass is 420 g/mol. The zero-order valence-corrected chi connectivity index (χ0v) is 18.7. The van der Waals surface area contributed by atoms with Crippen molar-refractivity contribution < 1.29 is 9.47 Å². The molecule has 1 aromatic rings. The molecule has 29 heavy (non-hydrogen) atoms. The van der Waals surface area contributed by atoms with Crippen molar-refractivity contribution in [3.63, 3.8) is 0 Å². The quantitative estimate of drug-likeness (QED) is 0.498. The van der Waals surface area contributed by atoms with Gasteiger partial charge in [0, 0.05) is 50.7 Å². The second kappa shape index (κ2) is 11.8. The highest BCUT2D eigenvalue weighted by Crippen LogP contribution is 2.32. The number of guanidine groups is 1. The number of nitrogens with zero attached hydrogens (tertiary/aromatic N) is 2. The third-order valence-electron chi connectivity index (χ3n) is 5.78. The van der Waals surface area contributed by atoms with Crippen molar-refractivity contribution in [2.75, 3.05) is 58.9 Å². The van der Waals surface area contributed by atoms with Gasteiger partial charge in [-0.15, -0.1) is 0 Å². The number of morpholine rings is 1. The molecule has 7 heteroatoms. The summed E-state index contributed by atoms with van der Waals surface area (Å²) < 4.78 is 11.3. The van der Waals surface area contributed by atoms with Gasteiger partial charge in [-0.2, -0.15) is 11.8 Å². The third-order valence-corrected chi connectivity index (χ3v) is 7.20. The maximum atomic E-state index is 5.56. The van der Waals surface area contributed by atoms with E-state index in [1.54, 1.807) is 0 Å². The maximum Gasteiger partial charge on any atom is 0.191 e. The van der Waals surface area contributed by atoms with Crippen molar-refractivity contribution in [3.05, 3.63) is 35.4 Å². The number of hydrogen-bond acceptors (Lipinski definition) is 5. The summed E-state index contributed by atoms with van der Waals surface area (Å²) >= 11 is 1.95. The lowest BCUT2D eigenvalue weighted by molar-refractivity contribution is 0.0341. The molecule has 2 aliphatic heterocycles. The highest BCUT2D eigenvalue weighted by Gasteiger charge is 2.31. The van der Waals surface area contributed by atoms with E-state index in [9.17, 15) is 0 Å². The minimum Gasteiger partial charge on any atom is -0.381 e. The lowest BCUT2D eigenvalue weighted by Gasteiger charge is -2.36. The van der Waals surface area contributed by atoms with Gasteiger partial charge in [0.2, 0.25) is 0 Å². The normalized spacial score (nSPS) is 20.4. The van der Waals surface area contributed by atoms with E-state index in [1.165, 1.54) is 11.1 Å². The average molecular weight is 421 g/mol. The largest absolute Gasteiger partial charge is 0.381 e. The zero-order valence-electron chi connectivity index (χ0n) is 17.9. The van der Waals surface area contributed by atoms with Gasteiger partial charge in [-0.1, -0.05) is 24.3 Å². The molecule has 2 heterocycles. The van der Waals surface area contributed by atoms with E-state index in [0.29, 0.717) is 6.54 Å². The Morgan fingerprint density at radius 3 is 2.45 bits per heavy atom. The van der Waals surface area contributed by atoms with Crippen LogP contribution in [0.15, 0.2) is 29.3 Å². The van der Waals surface area contributed by atoms with E-state index in [-0.39, 0.29) is 4.75 Å². The van der Waals surface area contributed by atoms with Crippen molar-refractivity contribution in [2.45, 2.75) is 37.6 Å². The molecule has 3 rings (SSSR count). The minimum absolute atomic E-state index is 0.239. The molecule has 0 atom stereocenters. The SMILES string of the molecule is CCNC(=NCc1ccccc1CN1CCOCC1)NCC1(SC)CCOCC1. The lowest BCUT2D eigenvalue weighted by Crippen LogP contribution is -2.47.